The van der Waals surface area contributed by atoms with Gasteiger partial charge in [0.1, 0.15) is 6.10 Å². The minimum Gasteiger partial charge on any atom is -1.00 e. The van der Waals surface area contributed by atoms with Crippen molar-refractivity contribution in [3.63, 3.8) is 0 Å². The Bertz CT molecular complexity index is 722. The van der Waals surface area contributed by atoms with Gasteiger partial charge in [0, 0.05) is 24.3 Å². The second-order valence-electron chi connectivity index (χ2n) is 4.98. The summed E-state index contributed by atoms with van der Waals surface area (Å²) in [7, 11) is -8.59. The molecule has 2 unspecified atom stereocenters. The summed E-state index contributed by atoms with van der Waals surface area (Å²) in [5.74, 6) is -1.97. The molecular weight excluding hydrogens is 676 g/mol. The molecule has 32 heavy (non-hydrogen) atoms. The average Bonchev–Trinajstić information content (AvgIpc) is 2.43. The van der Waals surface area contributed by atoms with Gasteiger partial charge in [-0.1, -0.05) is 13.8 Å². The first-order valence-electron chi connectivity index (χ1n) is 6.24. The van der Waals surface area contributed by atoms with Gasteiger partial charge in [-0.2, -0.15) is 0 Å². The molecule has 0 aromatic rings. The van der Waals surface area contributed by atoms with Crippen molar-refractivity contribution in [1.29, 1.82) is 0 Å². The molecule has 0 spiro atoms. The molecule has 0 aromatic heterocycles. The van der Waals surface area contributed by atoms with Crippen LogP contribution in [0.5, 0.6) is 0 Å². The van der Waals surface area contributed by atoms with Crippen LogP contribution in [0.25, 0.3) is 0 Å². The molecule has 0 bridgehead atoms. The molecule has 23 heteroatoms. The standard InChI is InChI=1S/C9H17NO5.Ca.ClH.2Na.H2O5S2.H2O4Se.Zn/c1-9(2,5-11)7(14)8(15)10-4-3-6(12)13;;;;;1-6(2)7(3,4)5;1-5(2,3)4;/h7,11,14H,3-5H2,1-2H3,(H,10,15)(H,12,13);;1H;;;(H,1,2)(H,3,4,5);(H2,1,2,3,4);/q;+2;;2*+1;;;+2/p-6. The number of carboxylic acid groups (broad SMARTS) is 1. The first kappa shape index (κ1) is 55.6. The van der Waals surface area contributed by atoms with Crippen LogP contribution >= 0.6 is 0 Å². The van der Waals surface area contributed by atoms with E-state index < -0.39 is 56.0 Å². The van der Waals surface area contributed by atoms with Gasteiger partial charge in [-0.05, 0) is 0 Å². The number of nitrogens with one attached hydrogen (secondary N) is 1. The van der Waals surface area contributed by atoms with Crippen molar-refractivity contribution < 1.29 is 154 Å². The summed E-state index contributed by atoms with van der Waals surface area (Å²) in [6, 6.07) is 0. The summed E-state index contributed by atoms with van der Waals surface area (Å²) < 4.78 is 80.1. The van der Waals surface area contributed by atoms with Crippen molar-refractivity contribution >= 4 is 82.2 Å². The minimum atomic E-state index is -5.75. The fraction of sp³-hybridized carbons (Fsp3) is 0.778. The average molecular weight is 692 g/mol. The molecule has 0 saturated heterocycles. The molecule has 1 amide bonds. The maximum atomic E-state index is 11.2. The van der Waals surface area contributed by atoms with E-state index in [1.54, 1.807) is 0 Å². The van der Waals surface area contributed by atoms with E-state index >= 15 is 0 Å². The van der Waals surface area contributed by atoms with E-state index in [1.807, 2.05) is 0 Å². The molecule has 0 saturated carbocycles. The van der Waals surface area contributed by atoms with Gasteiger partial charge in [-0.25, -0.2) is 8.42 Å². The number of aliphatic carboxylic acids is 1. The zero-order valence-corrected chi connectivity index (χ0v) is 30.8. The van der Waals surface area contributed by atoms with Crippen LogP contribution in [0.2, 0.25) is 0 Å². The predicted octanol–water partition coefficient (Wildman–Crippen LogP) is -16.4. The van der Waals surface area contributed by atoms with Gasteiger partial charge in [0.05, 0.1) is 16.7 Å². The van der Waals surface area contributed by atoms with Gasteiger partial charge in [0.2, 0.25) is 5.91 Å². The van der Waals surface area contributed by atoms with Crippen LogP contribution in [0.4, 0.5) is 0 Å². The number of hydrogen-bond acceptors (Lipinski definition) is 14. The van der Waals surface area contributed by atoms with Crippen LogP contribution < -0.4 is 90.3 Å². The number of halogens is 1. The van der Waals surface area contributed by atoms with Crippen molar-refractivity contribution in [1.82, 2.24) is 5.32 Å². The van der Waals surface area contributed by atoms with E-state index in [0.717, 1.165) is 0 Å². The Balaban J connectivity index is -0.0000000485. The van der Waals surface area contributed by atoms with Crippen molar-refractivity contribution in [2.75, 3.05) is 13.2 Å². The maximum Gasteiger partial charge on any atom is 2.00 e. The van der Waals surface area contributed by atoms with E-state index in [9.17, 15) is 19.8 Å². The van der Waals surface area contributed by atoms with Crippen molar-refractivity contribution in [2.45, 2.75) is 26.4 Å². The number of amides is 1. The number of carboxylic acids is 1. The van der Waals surface area contributed by atoms with Crippen LogP contribution in [-0.4, -0.2) is 114 Å². The first-order valence-corrected chi connectivity index (χ1v) is 12.0. The van der Waals surface area contributed by atoms with Gasteiger partial charge in [0.25, 0.3) is 0 Å². The van der Waals surface area contributed by atoms with Crippen molar-refractivity contribution in [3.8, 4) is 0 Å². The molecule has 2 atom stereocenters. The largest absolute Gasteiger partial charge is 2.00 e. The van der Waals surface area contributed by atoms with Gasteiger partial charge < -0.3 is 46.9 Å². The molecule has 0 heterocycles. The third kappa shape index (κ3) is 43.2. The molecule has 172 valence electrons. The van der Waals surface area contributed by atoms with Crippen LogP contribution in [-0.2, 0) is 56.0 Å². The second kappa shape index (κ2) is 27.1. The second-order valence-corrected chi connectivity index (χ2v) is 9.96. The third-order valence-electron chi connectivity index (χ3n) is 2.19. The Morgan fingerprint density at radius 1 is 1.19 bits per heavy atom. The topological polar surface area (TPSA) is 287 Å². The number of hydrogen-bond donors (Lipinski definition) is 3. The minimum absolute atomic E-state index is 0. The molecule has 0 aliphatic rings. The normalized spacial score (nSPS) is 11.6. The predicted molar refractivity (Wildman–Crippen MR) is 81.0 cm³/mol. The number of carbonyl (C=O) groups is 2. The Morgan fingerprint density at radius 2 is 1.47 bits per heavy atom. The maximum absolute atomic E-state index is 11.2. The quantitative estimate of drug-likeness (QED) is 0.0967. The van der Waals surface area contributed by atoms with Crippen LogP contribution in [0.1, 0.15) is 20.3 Å². The number of aliphatic hydroxyl groups excluding tert-OH is 2. The zero-order valence-electron chi connectivity index (χ0n) is 17.5. The molecule has 0 aliphatic heterocycles. The van der Waals surface area contributed by atoms with Gasteiger partial charge in [0.15, 0.2) is 9.15 Å². The summed E-state index contributed by atoms with van der Waals surface area (Å²) >= 11 is -5.75. The molecule has 3 N–H and O–H groups in total. The van der Waals surface area contributed by atoms with Gasteiger partial charge in [-0.3, -0.25) is 9.00 Å². The van der Waals surface area contributed by atoms with E-state index in [2.05, 4.69) is 5.32 Å². The fourth-order valence-electron chi connectivity index (χ4n) is 0.826. The van der Waals surface area contributed by atoms with Crippen molar-refractivity contribution in [2.24, 2.45) is 5.41 Å². The van der Waals surface area contributed by atoms with Crippen molar-refractivity contribution in [3.05, 3.63) is 0 Å². The van der Waals surface area contributed by atoms with Gasteiger partial charge in [-0.15, -0.1) is 0 Å². The molecule has 0 rings (SSSR count). The smallest absolute Gasteiger partial charge is 1.00 e. The monoisotopic (exact) mass is 691 g/mol. The van der Waals surface area contributed by atoms with Crippen LogP contribution in [0.15, 0.2) is 0 Å². The summed E-state index contributed by atoms with van der Waals surface area (Å²) in [5.41, 5.74) is -0.953. The molecule has 0 aliphatic carbocycles. The Morgan fingerprint density at radius 3 is 1.66 bits per heavy atom. The number of aliphatic hydroxyl groups is 2. The third-order valence-corrected chi connectivity index (χ3v) is 3.52. The summed E-state index contributed by atoms with van der Waals surface area (Å²) in [5, 5.41) is 30.6. The molecular formula is C9H16CaClNNa2O14S2SeZn. The molecule has 0 aromatic carbocycles. The summed E-state index contributed by atoms with van der Waals surface area (Å²) in [6.45, 7) is 2.60. The number of rotatable bonds is 7. The molecule has 0 radical (unpaired) electrons. The zero-order chi connectivity index (χ0) is 22.6. The van der Waals surface area contributed by atoms with Crippen LogP contribution in [0.3, 0.4) is 0 Å². The van der Waals surface area contributed by atoms with E-state index in [-0.39, 0.29) is 148 Å². The Kier molecular flexibility index (Phi) is 47.1. The van der Waals surface area contributed by atoms with E-state index in [0.29, 0.717) is 0 Å². The van der Waals surface area contributed by atoms with Crippen LogP contribution in [0, 0.1) is 5.41 Å². The summed E-state index contributed by atoms with van der Waals surface area (Å²) in [6.07, 6.45) is -1.68. The Labute approximate surface area is 281 Å². The van der Waals surface area contributed by atoms with Gasteiger partial charge >= 0.3 is 146 Å². The molecule has 0 fully saturated rings. The molecule has 15 nitrogen and oxygen atoms in total. The SMILES string of the molecule is CC(C)(CO)C(O)C(=O)NCCC(=O)[O-].O=S([O-])S(=O)(=O)[O-].O=[Se](=O)([O-])[O-].[Ca+2].[Cl-].[Na+].[Na+].[Zn+2]. The van der Waals surface area contributed by atoms with E-state index in [4.69, 9.17) is 42.9 Å². The Hall–Kier alpha value is 3.09. The van der Waals surface area contributed by atoms with E-state index in [1.165, 1.54) is 13.8 Å². The number of carbonyl (C=O) groups excluding carboxylic acids is 2. The first-order chi connectivity index (χ1) is 11.8. The fourth-order valence-corrected chi connectivity index (χ4v) is 0.826. The summed E-state index contributed by atoms with van der Waals surface area (Å²) in [4.78, 5) is 21.3.